The Morgan fingerprint density at radius 1 is 1.14 bits per heavy atom. The molecule has 0 saturated carbocycles. The van der Waals surface area contributed by atoms with Crippen LogP contribution in [0, 0.1) is 5.92 Å². The molecule has 1 heterocycles. The Morgan fingerprint density at radius 3 is 2.55 bits per heavy atom. The number of ether oxygens (including phenoxy) is 4. The Kier molecular flexibility index (Phi) is 9.21. The number of hydrogen-bond acceptors (Lipinski definition) is 6. The van der Waals surface area contributed by atoms with Gasteiger partial charge in [0.25, 0.3) is 0 Å². The molecule has 0 aliphatic carbocycles. The molecule has 1 fully saturated rings. The summed E-state index contributed by atoms with van der Waals surface area (Å²) in [6, 6.07) is 5.14. The molecule has 1 aliphatic heterocycles. The summed E-state index contributed by atoms with van der Waals surface area (Å²) in [4.78, 5) is 12.8. The second kappa shape index (κ2) is 11.6. The number of carbonyl (C=O) groups excluding carboxylic acids is 1. The van der Waals surface area contributed by atoms with Gasteiger partial charge in [0.2, 0.25) is 0 Å². The van der Waals surface area contributed by atoms with Crippen LogP contribution in [-0.2, 0) is 14.3 Å². The lowest BCUT2D eigenvalue weighted by atomic mass is 9.88. The highest BCUT2D eigenvalue weighted by Gasteiger charge is 2.39. The number of carbonyl (C=O) groups is 1. The Balaban J connectivity index is 2.35. The van der Waals surface area contributed by atoms with Gasteiger partial charge in [0, 0.05) is 24.4 Å². The number of esters is 1. The summed E-state index contributed by atoms with van der Waals surface area (Å²) in [6.07, 6.45) is 1.76. The second-order valence-electron chi connectivity index (χ2n) is 6.64. The zero-order valence-electron chi connectivity index (χ0n) is 17.3. The van der Waals surface area contributed by atoms with Crippen molar-refractivity contribution < 1.29 is 23.7 Å². The van der Waals surface area contributed by atoms with Crippen molar-refractivity contribution in [1.29, 1.82) is 0 Å². The molecule has 0 spiro atoms. The van der Waals surface area contributed by atoms with E-state index in [4.69, 9.17) is 31.2 Å². The van der Waals surface area contributed by atoms with Gasteiger partial charge < -0.3 is 29.6 Å². The van der Waals surface area contributed by atoms with Crippen molar-refractivity contribution in [3.05, 3.63) is 36.0 Å². The molecule has 1 aliphatic rings. The molecule has 7 nitrogen and oxygen atoms in total. The molecule has 0 amide bonds. The van der Waals surface area contributed by atoms with Crippen LogP contribution in [0.15, 0.2) is 30.5 Å². The third-order valence-electron chi connectivity index (χ3n) is 4.31. The monoisotopic (exact) mass is 422 g/mol. The van der Waals surface area contributed by atoms with Crippen LogP contribution in [0.2, 0.25) is 0 Å². The molecular formula is C21H30N2O5S. The average Bonchev–Trinajstić information content (AvgIpc) is 2.70. The molecule has 2 rings (SSSR count). The fourth-order valence-corrected chi connectivity index (χ4v) is 3.21. The molecule has 0 bridgehead atoms. The first-order valence-electron chi connectivity index (χ1n) is 9.83. The van der Waals surface area contributed by atoms with Gasteiger partial charge in [0.05, 0.1) is 25.9 Å². The number of rotatable bonds is 11. The molecule has 2 atom stereocenters. The minimum absolute atomic E-state index is 0.166. The molecule has 2 N–H and O–H groups in total. The maximum absolute atomic E-state index is 12.8. The van der Waals surface area contributed by atoms with E-state index in [9.17, 15) is 4.79 Å². The van der Waals surface area contributed by atoms with Crippen molar-refractivity contribution in [2.45, 2.75) is 32.7 Å². The van der Waals surface area contributed by atoms with E-state index in [1.54, 1.807) is 7.11 Å². The van der Waals surface area contributed by atoms with Crippen LogP contribution in [0.25, 0.3) is 0 Å². The van der Waals surface area contributed by atoms with Crippen molar-refractivity contribution in [2.75, 3.05) is 33.5 Å². The molecule has 29 heavy (non-hydrogen) atoms. The van der Waals surface area contributed by atoms with Crippen molar-refractivity contribution >= 4 is 23.3 Å². The summed E-state index contributed by atoms with van der Waals surface area (Å²) < 4.78 is 22.0. The number of hydrogen-bond donors (Lipinski definition) is 2. The highest BCUT2D eigenvalue weighted by molar-refractivity contribution is 7.80. The van der Waals surface area contributed by atoms with Gasteiger partial charge in [0.15, 0.2) is 5.11 Å². The van der Waals surface area contributed by atoms with Crippen molar-refractivity contribution in [3.8, 4) is 11.5 Å². The third kappa shape index (κ3) is 6.33. The fraction of sp³-hybridized carbons (Fsp3) is 0.524. The van der Waals surface area contributed by atoms with Gasteiger partial charge in [-0.3, -0.25) is 4.79 Å². The standard InChI is InChI=1S/C21H30N2O5S/c1-5-9-26-15-7-8-16(17(13-15)27-10-6-2)19-18(14(3)22-21(29)23-19)20(24)28-12-11-25-4/h7-8,13,18-19H,3,5-6,9-12H2,1-2,4H3,(H2,22,23,29)/t18-,19+/m1/s1. The highest BCUT2D eigenvalue weighted by atomic mass is 32.1. The molecule has 0 unspecified atom stereocenters. The SMILES string of the molecule is C=C1NC(=S)N[C@@H](c2ccc(OCCC)cc2OCCC)[C@@H]1C(=O)OCCOC. The van der Waals surface area contributed by atoms with Gasteiger partial charge >= 0.3 is 5.97 Å². The maximum Gasteiger partial charge on any atom is 0.317 e. The van der Waals surface area contributed by atoms with E-state index in [1.165, 1.54) is 0 Å². The lowest BCUT2D eigenvalue weighted by Gasteiger charge is -2.35. The van der Waals surface area contributed by atoms with E-state index >= 15 is 0 Å². The summed E-state index contributed by atoms with van der Waals surface area (Å²) in [5, 5.41) is 6.50. The van der Waals surface area contributed by atoms with Crippen LogP contribution in [0.4, 0.5) is 0 Å². The fourth-order valence-electron chi connectivity index (χ4n) is 2.95. The molecule has 8 heteroatoms. The lowest BCUT2D eigenvalue weighted by molar-refractivity contribution is -0.149. The Morgan fingerprint density at radius 2 is 1.86 bits per heavy atom. The molecule has 160 valence electrons. The topological polar surface area (TPSA) is 78.0 Å². The molecule has 1 aromatic rings. The average molecular weight is 423 g/mol. The van der Waals surface area contributed by atoms with E-state index in [-0.39, 0.29) is 6.61 Å². The Labute approximate surface area is 177 Å². The van der Waals surface area contributed by atoms with Gasteiger partial charge in [-0.2, -0.15) is 0 Å². The van der Waals surface area contributed by atoms with E-state index in [0.717, 1.165) is 24.2 Å². The molecule has 0 radical (unpaired) electrons. The van der Waals surface area contributed by atoms with Crippen LogP contribution < -0.4 is 20.1 Å². The number of nitrogens with one attached hydrogen (secondary N) is 2. The normalized spacial score (nSPS) is 18.6. The Hall–Kier alpha value is -2.32. The largest absolute Gasteiger partial charge is 0.493 e. The second-order valence-corrected chi connectivity index (χ2v) is 7.04. The first-order valence-corrected chi connectivity index (χ1v) is 10.2. The van der Waals surface area contributed by atoms with Gasteiger partial charge in [0.1, 0.15) is 24.0 Å². The van der Waals surface area contributed by atoms with Gasteiger partial charge in [-0.15, -0.1) is 0 Å². The van der Waals surface area contributed by atoms with E-state index in [1.807, 2.05) is 32.0 Å². The van der Waals surface area contributed by atoms with Gasteiger partial charge in [-0.25, -0.2) is 0 Å². The quantitative estimate of drug-likeness (QED) is 0.320. The summed E-state index contributed by atoms with van der Waals surface area (Å²) in [5.74, 6) is 0.277. The van der Waals surface area contributed by atoms with Crippen molar-refractivity contribution in [2.24, 2.45) is 5.92 Å². The zero-order valence-corrected chi connectivity index (χ0v) is 18.1. The van der Waals surface area contributed by atoms with Crippen LogP contribution in [0.5, 0.6) is 11.5 Å². The van der Waals surface area contributed by atoms with Crippen LogP contribution in [0.1, 0.15) is 38.3 Å². The molecular weight excluding hydrogens is 392 g/mol. The van der Waals surface area contributed by atoms with E-state index in [0.29, 0.717) is 36.4 Å². The van der Waals surface area contributed by atoms with E-state index < -0.39 is 17.9 Å². The van der Waals surface area contributed by atoms with Crippen LogP contribution >= 0.6 is 12.2 Å². The summed E-state index contributed by atoms with van der Waals surface area (Å²) in [5.41, 5.74) is 1.27. The predicted molar refractivity (Wildman–Crippen MR) is 115 cm³/mol. The lowest BCUT2D eigenvalue weighted by Crippen LogP contribution is -2.51. The number of methoxy groups -OCH3 is 1. The maximum atomic E-state index is 12.8. The smallest absolute Gasteiger partial charge is 0.317 e. The van der Waals surface area contributed by atoms with Crippen molar-refractivity contribution in [1.82, 2.24) is 10.6 Å². The third-order valence-corrected chi connectivity index (χ3v) is 4.53. The minimum atomic E-state index is -0.676. The first-order chi connectivity index (χ1) is 14.0. The Bertz CT molecular complexity index is 725. The zero-order chi connectivity index (χ0) is 21.2. The summed E-state index contributed by atoms with van der Waals surface area (Å²) in [7, 11) is 1.55. The van der Waals surface area contributed by atoms with Crippen LogP contribution in [-0.4, -0.2) is 44.6 Å². The van der Waals surface area contributed by atoms with Gasteiger partial charge in [-0.05, 0) is 37.2 Å². The molecule has 0 aromatic heterocycles. The summed E-state index contributed by atoms with van der Waals surface area (Å²) >= 11 is 5.30. The van der Waals surface area contributed by atoms with Crippen LogP contribution in [0.3, 0.4) is 0 Å². The van der Waals surface area contributed by atoms with E-state index in [2.05, 4.69) is 17.2 Å². The van der Waals surface area contributed by atoms with Crippen molar-refractivity contribution in [3.63, 3.8) is 0 Å². The molecule has 1 aromatic carbocycles. The summed E-state index contributed by atoms with van der Waals surface area (Å²) in [6.45, 7) is 9.72. The predicted octanol–water partition coefficient (Wildman–Crippen LogP) is 3.10. The molecule has 1 saturated heterocycles. The minimum Gasteiger partial charge on any atom is -0.493 e. The highest BCUT2D eigenvalue weighted by Crippen LogP contribution is 2.37. The first kappa shape index (κ1) is 23.0. The number of benzene rings is 1. The van der Waals surface area contributed by atoms with Gasteiger partial charge in [-0.1, -0.05) is 20.4 Å². The number of thiocarbonyl (C=S) groups is 1.